The highest BCUT2D eigenvalue weighted by molar-refractivity contribution is 6.42. The summed E-state index contributed by atoms with van der Waals surface area (Å²) in [4.78, 5) is 28.8. The first-order valence-corrected chi connectivity index (χ1v) is 9.58. The van der Waals surface area contributed by atoms with Gasteiger partial charge in [-0.3, -0.25) is 9.59 Å². The van der Waals surface area contributed by atoms with Crippen molar-refractivity contribution in [1.82, 2.24) is 20.0 Å². The van der Waals surface area contributed by atoms with Gasteiger partial charge in [-0.1, -0.05) is 29.3 Å². The summed E-state index contributed by atoms with van der Waals surface area (Å²) in [6.45, 7) is 6.93. The van der Waals surface area contributed by atoms with Crippen molar-refractivity contribution < 1.29 is 14.3 Å². The number of amides is 2. The van der Waals surface area contributed by atoms with Crippen LogP contribution in [0.4, 0.5) is 0 Å². The van der Waals surface area contributed by atoms with E-state index >= 15 is 0 Å². The normalized spacial score (nSPS) is 16.2. The minimum atomic E-state index is -0.948. The summed E-state index contributed by atoms with van der Waals surface area (Å²) in [6, 6.07) is 8.02. The van der Waals surface area contributed by atoms with Crippen molar-refractivity contribution in [3.8, 4) is 11.6 Å². The van der Waals surface area contributed by atoms with Gasteiger partial charge in [0.15, 0.2) is 5.69 Å². The SMILES string of the molecule is CCN1CCN(C(=O)c2ccc(Oc3cccc(Cl)c3Cl)nn2)C(C)(C)C1=O. The van der Waals surface area contributed by atoms with Crippen molar-refractivity contribution in [3.63, 3.8) is 0 Å². The van der Waals surface area contributed by atoms with Crippen LogP contribution in [-0.2, 0) is 4.79 Å². The lowest BCUT2D eigenvalue weighted by Gasteiger charge is -2.45. The van der Waals surface area contributed by atoms with Gasteiger partial charge in [-0.25, -0.2) is 0 Å². The molecule has 7 nitrogen and oxygen atoms in total. The molecule has 9 heteroatoms. The Morgan fingerprint density at radius 2 is 1.93 bits per heavy atom. The van der Waals surface area contributed by atoms with E-state index in [2.05, 4.69) is 10.2 Å². The van der Waals surface area contributed by atoms with Crippen LogP contribution in [0.2, 0.25) is 10.0 Å². The van der Waals surface area contributed by atoms with Gasteiger partial charge in [0.1, 0.15) is 16.3 Å². The number of carbonyl (C=O) groups excluding carboxylic acids is 2. The summed E-state index contributed by atoms with van der Waals surface area (Å²) >= 11 is 12.1. The largest absolute Gasteiger partial charge is 0.436 e. The lowest BCUT2D eigenvalue weighted by atomic mass is 9.97. The Kier molecular flexibility index (Phi) is 5.76. The molecule has 2 amide bonds. The minimum absolute atomic E-state index is 0.0851. The van der Waals surface area contributed by atoms with Gasteiger partial charge >= 0.3 is 0 Å². The van der Waals surface area contributed by atoms with Crippen LogP contribution in [0.5, 0.6) is 11.6 Å². The molecule has 1 aromatic heterocycles. The lowest BCUT2D eigenvalue weighted by Crippen LogP contribution is -2.64. The first-order chi connectivity index (χ1) is 13.3. The van der Waals surface area contributed by atoms with Crippen LogP contribution in [0.25, 0.3) is 0 Å². The molecule has 1 aliphatic heterocycles. The highest BCUT2D eigenvalue weighted by Gasteiger charge is 2.44. The lowest BCUT2D eigenvalue weighted by molar-refractivity contribution is -0.146. The first-order valence-electron chi connectivity index (χ1n) is 8.82. The van der Waals surface area contributed by atoms with Crippen LogP contribution in [0.1, 0.15) is 31.3 Å². The molecular weight excluding hydrogens is 403 g/mol. The fourth-order valence-corrected chi connectivity index (χ4v) is 3.39. The molecule has 1 aliphatic rings. The molecule has 0 saturated carbocycles. The van der Waals surface area contributed by atoms with E-state index in [9.17, 15) is 9.59 Å². The predicted molar refractivity (Wildman–Crippen MR) is 106 cm³/mol. The Balaban J connectivity index is 1.77. The topological polar surface area (TPSA) is 75.6 Å². The summed E-state index contributed by atoms with van der Waals surface area (Å²) in [7, 11) is 0. The summed E-state index contributed by atoms with van der Waals surface area (Å²) in [5.41, 5.74) is -0.813. The number of benzene rings is 1. The molecule has 148 valence electrons. The second-order valence-electron chi connectivity index (χ2n) is 6.81. The number of halogens is 2. The minimum Gasteiger partial charge on any atom is -0.436 e. The molecule has 0 radical (unpaired) electrons. The molecule has 0 N–H and O–H groups in total. The third-order valence-corrected chi connectivity index (χ3v) is 5.50. The molecule has 2 heterocycles. The molecule has 1 aromatic carbocycles. The number of nitrogens with zero attached hydrogens (tertiary/aromatic N) is 4. The molecule has 0 bridgehead atoms. The Morgan fingerprint density at radius 3 is 2.57 bits per heavy atom. The van der Waals surface area contributed by atoms with Crippen LogP contribution in [0, 0.1) is 0 Å². The Hall–Kier alpha value is -2.38. The molecule has 1 saturated heterocycles. The summed E-state index contributed by atoms with van der Waals surface area (Å²) in [6.07, 6.45) is 0. The van der Waals surface area contributed by atoms with Crippen LogP contribution in [0.3, 0.4) is 0 Å². The molecule has 0 spiro atoms. The van der Waals surface area contributed by atoms with Crippen LogP contribution in [0.15, 0.2) is 30.3 Å². The van der Waals surface area contributed by atoms with Gasteiger partial charge in [-0.2, -0.15) is 0 Å². The molecule has 2 aromatic rings. The molecule has 3 rings (SSSR count). The van der Waals surface area contributed by atoms with Gasteiger partial charge in [0, 0.05) is 25.7 Å². The molecule has 1 fully saturated rings. The first kappa shape index (κ1) is 20.4. The number of rotatable bonds is 4. The zero-order valence-corrected chi connectivity index (χ0v) is 17.3. The van der Waals surface area contributed by atoms with E-state index in [1.54, 1.807) is 36.9 Å². The third-order valence-electron chi connectivity index (χ3n) is 4.70. The van der Waals surface area contributed by atoms with Gasteiger partial charge in [-0.15, -0.1) is 10.2 Å². The molecular formula is C19H20Cl2N4O3. The highest BCUT2D eigenvalue weighted by Crippen LogP contribution is 2.34. The van der Waals surface area contributed by atoms with Crippen LogP contribution >= 0.6 is 23.2 Å². The number of aromatic nitrogens is 2. The van der Waals surface area contributed by atoms with E-state index in [1.807, 2.05) is 6.92 Å². The fraction of sp³-hybridized carbons (Fsp3) is 0.368. The van der Waals surface area contributed by atoms with Crippen LogP contribution < -0.4 is 4.74 Å². The van der Waals surface area contributed by atoms with Crippen LogP contribution in [-0.4, -0.2) is 57.0 Å². The van der Waals surface area contributed by atoms with Crippen molar-refractivity contribution in [1.29, 1.82) is 0 Å². The number of carbonyl (C=O) groups is 2. The van der Waals surface area contributed by atoms with Crippen molar-refractivity contribution in [2.24, 2.45) is 0 Å². The second kappa shape index (κ2) is 7.93. The zero-order chi connectivity index (χ0) is 20.5. The van der Waals surface area contributed by atoms with Crippen molar-refractivity contribution in [2.45, 2.75) is 26.3 Å². The van der Waals surface area contributed by atoms with E-state index < -0.39 is 5.54 Å². The number of piperazine rings is 1. The third kappa shape index (κ3) is 3.77. The number of hydrogen-bond donors (Lipinski definition) is 0. The van der Waals surface area contributed by atoms with E-state index in [1.165, 1.54) is 17.0 Å². The molecule has 0 aliphatic carbocycles. The van der Waals surface area contributed by atoms with Crippen molar-refractivity contribution in [3.05, 3.63) is 46.1 Å². The average molecular weight is 423 g/mol. The number of likely N-dealkylation sites (N-methyl/N-ethyl adjacent to an activating group) is 1. The summed E-state index contributed by atoms with van der Waals surface area (Å²) in [5, 5.41) is 8.53. The molecule has 0 unspecified atom stereocenters. The summed E-state index contributed by atoms with van der Waals surface area (Å²) in [5.74, 6) is 0.0730. The second-order valence-corrected chi connectivity index (χ2v) is 7.60. The maximum atomic E-state index is 12.9. The van der Waals surface area contributed by atoms with E-state index in [0.29, 0.717) is 30.4 Å². The van der Waals surface area contributed by atoms with Gasteiger partial charge in [0.25, 0.3) is 5.91 Å². The quantitative estimate of drug-likeness (QED) is 0.751. The maximum Gasteiger partial charge on any atom is 0.275 e. The number of hydrogen-bond acceptors (Lipinski definition) is 5. The van der Waals surface area contributed by atoms with E-state index in [0.717, 1.165) is 0 Å². The maximum absolute atomic E-state index is 12.9. The van der Waals surface area contributed by atoms with Gasteiger partial charge in [0.2, 0.25) is 11.8 Å². The monoisotopic (exact) mass is 422 g/mol. The van der Waals surface area contributed by atoms with E-state index in [-0.39, 0.29) is 28.4 Å². The summed E-state index contributed by atoms with van der Waals surface area (Å²) < 4.78 is 5.58. The van der Waals surface area contributed by atoms with Crippen molar-refractivity contribution in [2.75, 3.05) is 19.6 Å². The predicted octanol–water partition coefficient (Wildman–Crippen LogP) is 3.66. The fourth-order valence-electron chi connectivity index (χ4n) is 3.06. The smallest absolute Gasteiger partial charge is 0.275 e. The molecule has 0 atom stereocenters. The van der Waals surface area contributed by atoms with Gasteiger partial charge < -0.3 is 14.5 Å². The Labute approximate surface area is 173 Å². The average Bonchev–Trinajstić information content (AvgIpc) is 2.67. The zero-order valence-electron chi connectivity index (χ0n) is 15.8. The standard InChI is InChI=1S/C19H20Cl2N4O3/c1-4-24-10-11-25(19(2,3)18(24)27)17(26)13-8-9-15(23-22-13)28-14-7-5-6-12(20)16(14)21/h5-9H,4,10-11H2,1-3H3. The van der Waals surface area contributed by atoms with Gasteiger partial charge in [0.05, 0.1) is 5.02 Å². The van der Waals surface area contributed by atoms with E-state index in [4.69, 9.17) is 27.9 Å². The Bertz CT molecular complexity index is 903. The Morgan fingerprint density at radius 1 is 1.18 bits per heavy atom. The van der Waals surface area contributed by atoms with Crippen molar-refractivity contribution >= 4 is 35.0 Å². The number of ether oxygens (including phenoxy) is 1. The highest BCUT2D eigenvalue weighted by atomic mass is 35.5. The van der Waals surface area contributed by atoms with Gasteiger partial charge in [-0.05, 0) is 39.0 Å². The molecule has 28 heavy (non-hydrogen) atoms.